The van der Waals surface area contributed by atoms with Gasteiger partial charge in [-0.15, -0.1) is 11.3 Å². The molecule has 0 spiro atoms. The van der Waals surface area contributed by atoms with Crippen molar-refractivity contribution >= 4 is 28.7 Å². The number of hydrogen-bond donors (Lipinski definition) is 2. The fraction of sp³-hybridized carbons (Fsp3) is 0.267. The zero-order valence-corrected chi connectivity index (χ0v) is 12.6. The van der Waals surface area contributed by atoms with Crippen molar-refractivity contribution < 1.29 is 9.53 Å². The summed E-state index contributed by atoms with van der Waals surface area (Å²) < 4.78 is 4.72. The van der Waals surface area contributed by atoms with E-state index in [4.69, 9.17) is 10.5 Å². The Kier molecular flexibility index (Phi) is 4.29. The van der Waals surface area contributed by atoms with Gasteiger partial charge in [-0.05, 0) is 38.1 Å². The lowest BCUT2D eigenvalue weighted by molar-refractivity contribution is 0.0602. The second-order valence-electron chi connectivity index (χ2n) is 4.57. The topological polar surface area (TPSA) is 64.3 Å². The molecule has 0 aliphatic carbocycles. The van der Waals surface area contributed by atoms with Gasteiger partial charge in [0.1, 0.15) is 0 Å². The summed E-state index contributed by atoms with van der Waals surface area (Å²) in [4.78, 5) is 14.1. The number of carbonyl (C=O) groups excluding carboxylic acids is 1. The number of aryl methyl sites for hydroxylation is 1. The number of rotatable bonds is 4. The first-order chi connectivity index (χ1) is 9.52. The van der Waals surface area contributed by atoms with E-state index in [0.717, 1.165) is 5.69 Å². The molecule has 0 bridgehead atoms. The highest BCUT2D eigenvalue weighted by Gasteiger charge is 2.15. The maximum atomic E-state index is 11.6. The Hall–Kier alpha value is -2.01. The van der Waals surface area contributed by atoms with Crippen molar-refractivity contribution in [2.75, 3.05) is 18.2 Å². The highest BCUT2D eigenvalue weighted by Crippen LogP contribution is 2.30. The number of benzene rings is 1. The van der Waals surface area contributed by atoms with Crippen molar-refractivity contribution in [2.45, 2.75) is 19.9 Å². The number of esters is 1. The van der Waals surface area contributed by atoms with Gasteiger partial charge < -0.3 is 15.8 Å². The molecule has 0 amide bonds. The summed E-state index contributed by atoms with van der Waals surface area (Å²) in [5, 5.41) is 3.34. The Morgan fingerprint density at radius 1 is 1.35 bits per heavy atom. The summed E-state index contributed by atoms with van der Waals surface area (Å²) in [6.45, 7) is 4.14. The number of nitrogens with one attached hydrogen (secondary N) is 1. The van der Waals surface area contributed by atoms with Crippen molar-refractivity contribution in [1.82, 2.24) is 0 Å². The SMILES string of the molecule is COC(=O)c1cccc(NC(C)c2ccc(C)s2)c1N. The predicted molar refractivity (Wildman–Crippen MR) is 83.3 cm³/mol. The summed E-state index contributed by atoms with van der Waals surface area (Å²) >= 11 is 1.74. The lowest BCUT2D eigenvalue weighted by Gasteiger charge is -2.17. The second-order valence-corrected chi connectivity index (χ2v) is 5.89. The Labute approximate surface area is 122 Å². The molecule has 3 N–H and O–H groups in total. The summed E-state index contributed by atoms with van der Waals surface area (Å²) in [6.07, 6.45) is 0. The van der Waals surface area contributed by atoms with E-state index in [1.54, 1.807) is 23.5 Å². The van der Waals surface area contributed by atoms with Crippen LogP contribution in [0.4, 0.5) is 11.4 Å². The number of carbonyl (C=O) groups is 1. The average molecular weight is 290 g/mol. The number of para-hydroxylation sites is 1. The lowest BCUT2D eigenvalue weighted by atomic mass is 10.1. The van der Waals surface area contributed by atoms with Crippen LogP contribution >= 0.6 is 11.3 Å². The van der Waals surface area contributed by atoms with Gasteiger partial charge in [0, 0.05) is 9.75 Å². The van der Waals surface area contributed by atoms with Gasteiger partial charge in [0.2, 0.25) is 0 Å². The summed E-state index contributed by atoms with van der Waals surface area (Å²) in [6, 6.07) is 9.62. The monoisotopic (exact) mass is 290 g/mol. The van der Waals surface area contributed by atoms with Crippen LogP contribution in [0, 0.1) is 6.92 Å². The molecule has 2 rings (SSSR count). The molecule has 0 saturated heterocycles. The van der Waals surface area contributed by atoms with E-state index >= 15 is 0 Å². The molecule has 106 valence electrons. The van der Waals surface area contributed by atoms with Crippen LogP contribution in [0.15, 0.2) is 30.3 Å². The molecule has 0 saturated carbocycles. The minimum absolute atomic E-state index is 0.129. The van der Waals surface area contributed by atoms with Crippen molar-refractivity contribution in [3.8, 4) is 0 Å². The largest absolute Gasteiger partial charge is 0.465 e. The van der Waals surface area contributed by atoms with Crippen LogP contribution in [-0.4, -0.2) is 13.1 Å². The number of anilines is 2. The standard InChI is InChI=1S/C15H18N2O2S/c1-9-7-8-13(20-9)10(2)17-12-6-4-5-11(14(12)16)15(18)19-3/h4-8,10,17H,16H2,1-3H3. The third-order valence-corrected chi connectivity index (χ3v) is 4.25. The molecule has 4 nitrogen and oxygen atoms in total. The van der Waals surface area contributed by atoms with Gasteiger partial charge in [-0.3, -0.25) is 0 Å². The average Bonchev–Trinajstić information content (AvgIpc) is 2.87. The van der Waals surface area contributed by atoms with Crippen molar-refractivity contribution in [2.24, 2.45) is 0 Å². The van der Waals surface area contributed by atoms with Gasteiger partial charge in [-0.25, -0.2) is 4.79 Å². The van der Waals surface area contributed by atoms with Crippen LogP contribution in [0.1, 0.15) is 33.1 Å². The highest BCUT2D eigenvalue weighted by molar-refractivity contribution is 7.12. The van der Waals surface area contributed by atoms with Crippen LogP contribution < -0.4 is 11.1 Å². The van der Waals surface area contributed by atoms with E-state index in [1.807, 2.05) is 6.07 Å². The highest BCUT2D eigenvalue weighted by atomic mass is 32.1. The number of thiophene rings is 1. The van der Waals surface area contributed by atoms with Gasteiger partial charge in [0.25, 0.3) is 0 Å². The Bertz CT molecular complexity index is 622. The fourth-order valence-electron chi connectivity index (χ4n) is 1.97. The molecule has 1 aromatic heterocycles. The Morgan fingerprint density at radius 3 is 2.70 bits per heavy atom. The molecule has 0 aliphatic rings. The van der Waals surface area contributed by atoms with Crippen molar-refractivity contribution in [1.29, 1.82) is 0 Å². The lowest BCUT2D eigenvalue weighted by Crippen LogP contribution is -2.11. The number of nitrogens with two attached hydrogens (primary N) is 1. The zero-order valence-electron chi connectivity index (χ0n) is 11.8. The van der Waals surface area contributed by atoms with Crippen LogP contribution in [0.3, 0.4) is 0 Å². The van der Waals surface area contributed by atoms with Gasteiger partial charge in [-0.2, -0.15) is 0 Å². The molecule has 1 heterocycles. The normalized spacial score (nSPS) is 11.9. The Balaban J connectivity index is 2.23. The minimum Gasteiger partial charge on any atom is -0.465 e. The van der Waals surface area contributed by atoms with Crippen molar-refractivity contribution in [3.63, 3.8) is 0 Å². The van der Waals surface area contributed by atoms with E-state index in [-0.39, 0.29) is 6.04 Å². The molecule has 2 aromatic rings. The molecule has 5 heteroatoms. The van der Waals surface area contributed by atoms with E-state index < -0.39 is 5.97 Å². The third kappa shape index (κ3) is 2.93. The van der Waals surface area contributed by atoms with Gasteiger partial charge in [-0.1, -0.05) is 6.07 Å². The number of ether oxygens (including phenoxy) is 1. The van der Waals surface area contributed by atoms with Crippen LogP contribution in [0.2, 0.25) is 0 Å². The van der Waals surface area contributed by atoms with E-state index in [0.29, 0.717) is 11.3 Å². The quantitative estimate of drug-likeness (QED) is 0.667. The molecule has 1 unspecified atom stereocenters. The molecule has 1 aromatic carbocycles. The van der Waals surface area contributed by atoms with Crippen LogP contribution in [0.25, 0.3) is 0 Å². The zero-order chi connectivity index (χ0) is 14.7. The molecule has 0 aliphatic heterocycles. The molecule has 20 heavy (non-hydrogen) atoms. The maximum Gasteiger partial charge on any atom is 0.340 e. The predicted octanol–water partition coefficient (Wildman–Crippen LogP) is 3.60. The summed E-state index contributed by atoms with van der Waals surface area (Å²) in [7, 11) is 1.35. The first-order valence-electron chi connectivity index (χ1n) is 6.32. The number of hydrogen-bond acceptors (Lipinski definition) is 5. The first kappa shape index (κ1) is 14.4. The molecule has 0 fully saturated rings. The van der Waals surface area contributed by atoms with Crippen LogP contribution in [-0.2, 0) is 4.74 Å². The molecule has 1 atom stereocenters. The number of methoxy groups -OCH3 is 1. The van der Waals surface area contributed by atoms with Crippen LogP contribution in [0.5, 0.6) is 0 Å². The minimum atomic E-state index is -0.425. The molecular weight excluding hydrogens is 272 g/mol. The maximum absolute atomic E-state index is 11.6. The molecular formula is C15H18N2O2S. The van der Waals surface area contributed by atoms with Crippen molar-refractivity contribution in [3.05, 3.63) is 45.6 Å². The summed E-state index contributed by atoms with van der Waals surface area (Å²) in [5.74, 6) is -0.425. The first-order valence-corrected chi connectivity index (χ1v) is 7.14. The van der Waals surface area contributed by atoms with Gasteiger partial charge >= 0.3 is 5.97 Å². The fourth-order valence-corrected chi connectivity index (χ4v) is 2.85. The van der Waals surface area contributed by atoms with Gasteiger partial charge in [0.05, 0.1) is 30.1 Å². The number of nitrogen functional groups attached to an aromatic ring is 1. The van der Waals surface area contributed by atoms with E-state index in [1.165, 1.54) is 16.9 Å². The second kappa shape index (κ2) is 5.96. The summed E-state index contributed by atoms with van der Waals surface area (Å²) in [5.41, 5.74) is 7.57. The smallest absolute Gasteiger partial charge is 0.340 e. The molecule has 0 radical (unpaired) electrons. The van der Waals surface area contributed by atoms with Gasteiger partial charge in [0.15, 0.2) is 0 Å². The van der Waals surface area contributed by atoms with E-state index in [9.17, 15) is 4.79 Å². The van der Waals surface area contributed by atoms with E-state index in [2.05, 4.69) is 31.3 Å². The third-order valence-electron chi connectivity index (χ3n) is 3.07. The Morgan fingerprint density at radius 2 is 2.10 bits per heavy atom.